The number of amides is 1. The molecule has 1 aromatic carbocycles. The molecule has 0 aromatic heterocycles. The minimum atomic E-state index is -0.219. The first-order valence-corrected chi connectivity index (χ1v) is 7.32. The van der Waals surface area contributed by atoms with Crippen molar-refractivity contribution in [1.82, 2.24) is 5.32 Å². The topological polar surface area (TPSA) is 64.6 Å². The first kappa shape index (κ1) is 17.0. The molecule has 1 rings (SSSR count). The molecular weight excluding hydrogens is 270 g/mol. The number of para-hydroxylation sites is 1. The van der Waals surface area contributed by atoms with Gasteiger partial charge in [-0.25, -0.2) is 0 Å². The maximum Gasteiger partial charge on any atom is 0.305 e. The Morgan fingerprint density at radius 3 is 2.57 bits per heavy atom. The van der Waals surface area contributed by atoms with Gasteiger partial charge in [0.2, 0.25) is 5.91 Å². The third kappa shape index (κ3) is 8.68. The molecule has 21 heavy (non-hydrogen) atoms. The van der Waals surface area contributed by atoms with Crippen LogP contribution < -0.4 is 10.1 Å². The van der Waals surface area contributed by atoms with Crippen LogP contribution >= 0.6 is 0 Å². The van der Waals surface area contributed by atoms with Crippen LogP contribution in [0.4, 0.5) is 0 Å². The van der Waals surface area contributed by atoms with E-state index in [4.69, 9.17) is 9.47 Å². The zero-order chi connectivity index (χ0) is 15.3. The monoisotopic (exact) mass is 293 g/mol. The van der Waals surface area contributed by atoms with Crippen LogP contribution in [-0.2, 0) is 14.3 Å². The molecule has 0 aliphatic heterocycles. The number of ether oxygens (including phenoxy) is 2. The van der Waals surface area contributed by atoms with E-state index in [2.05, 4.69) is 5.32 Å². The summed E-state index contributed by atoms with van der Waals surface area (Å²) in [4.78, 5) is 22.6. The highest BCUT2D eigenvalue weighted by atomic mass is 16.5. The first-order valence-electron chi connectivity index (χ1n) is 7.32. The summed E-state index contributed by atoms with van der Waals surface area (Å²) in [6.45, 7) is 3.18. The quantitative estimate of drug-likeness (QED) is 0.531. The minimum Gasteiger partial charge on any atom is -0.494 e. The molecule has 0 saturated heterocycles. The maximum atomic E-state index is 11.5. The summed E-state index contributed by atoms with van der Waals surface area (Å²) >= 11 is 0. The highest BCUT2D eigenvalue weighted by molar-refractivity contribution is 5.75. The average Bonchev–Trinajstić information content (AvgIpc) is 2.49. The van der Waals surface area contributed by atoms with Gasteiger partial charge in [0.15, 0.2) is 0 Å². The predicted molar refractivity (Wildman–Crippen MR) is 80.0 cm³/mol. The van der Waals surface area contributed by atoms with E-state index in [1.807, 2.05) is 30.3 Å². The lowest BCUT2D eigenvalue weighted by atomic mass is 10.3. The van der Waals surface area contributed by atoms with Crippen molar-refractivity contribution in [2.45, 2.75) is 32.6 Å². The van der Waals surface area contributed by atoms with Crippen LogP contribution in [0.25, 0.3) is 0 Å². The molecule has 0 unspecified atom stereocenters. The van der Waals surface area contributed by atoms with Crippen molar-refractivity contribution in [3.05, 3.63) is 30.3 Å². The van der Waals surface area contributed by atoms with E-state index in [0.29, 0.717) is 45.4 Å². The summed E-state index contributed by atoms with van der Waals surface area (Å²) in [6, 6.07) is 9.51. The van der Waals surface area contributed by atoms with Gasteiger partial charge in [-0.3, -0.25) is 9.59 Å². The Bertz CT molecular complexity index is 420. The Morgan fingerprint density at radius 1 is 1.10 bits per heavy atom. The number of hydrogen-bond donors (Lipinski definition) is 1. The van der Waals surface area contributed by atoms with Crippen molar-refractivity contribution in [2.24, 2.45) is 0 Å². The summed E-state index contributed by atoms with van der Waals surface area (Å²) in [6.07, 6.45) is 2.03. The molecule has 0 aliphatic carbocycles. The summed E-state index contributed by atoms with van der Waals surface area (Å²) in [5.74, 6) is 0.575. The lowest BCUT2D eigenvalue weighted by Crippen LogP contribution is -2.25. The summed E-state index contributed by atoms with van der Waals surface area (Å²) in [7, 11) is 0. The molecule has 5 nitrogen and oxygen atoms in total. The fourth-order valence-electron chi connectivity index (χ4n) is 1.72. The highest BCUT2D eigenvalue weighted by Crippen LogP contribution is 2.08. The maximum absolute atomic E-state index is 11.5. The molecule has 0 aliphatic rings. The fourth-order valence-corrected chi connectivity index (χ4v) is 1.72. The van der Waals surface area contributed by atoms with Crippen LogP contribution in [0.15, 0.2) is 30.3 Å². The molecule has 5 heteroatoms. The smallest absolute Gasteiger partial charge is 0.305 e. The molecule has 116 valence electrons. The van der Waals surface area contributed by atoms with Crippen LogP contribution in [0.5, 0.6) is 5.75 Å². The molecule has 0 saturated carbocycles. The predicted octanol–water partition coefficient (Wildman–Crippen LogP) is 2.31. The first-order chi connectivity index (χ1) is 10.2. The second-order valence-corrected chi connectivity index (χ2v) is 4.52. The van der Waals surface area contributed by atoms with E-state index in [-0.39, 0.29) is 11.9 Å². The lowest BCUT2D eigenvalue weighted by molar-refractivity contribution is -0.143. The van der Waals surface area contributed by atoms with Gasteiger partial charge in [-0.15, -0.1) is 0 Å². The zero-order valence-corrected chi connectivity index (χ0v) is 12.5. The third-order valence-electron chi connectivity index (χ3n) is 2.75. The molecule has 0 radical (unpaired) electrons. The molecule has 1 amide bonds. The second-order valence-electron chi connectivity index (χ2n) is 4.52. The Morgan fingerprint density at radius 2 is 1.86 bits per heavy atom. The van der Waals surface area contributed by atoms with Crippen molar-refractivity contribution >= 4 is 11.9 Å². The van der Waals surface area contributed by atoms with Gasteiger partial charge in [-0.2, -0.15) is 0 Å². The van der Waals surface area contributed by atoms with Gasteiger partial charge in [0.05, 0.1) is 13.2 Å². The standard InChI is InChI=1S/C16H23NO4/c1-2-20-16(19)11-6-12-17-15(18)10-7-13-21-14-8-4-3-5-9-14/h3-5,8-9H,2,6-7,10-13H2,1H3,(H,17,18). The fraction of sp³-hybridized carbons (Fsp3) is 0.500. The average molecular weight is 293 g/mol. The van der Waals surface area contributed by atoms with Gasteiger partial charge >= 0.3 is 5.97 Å². The van der Waals surface area contributed by atoms with E-state index < -0.39 is 0 Å². The molecule has 1 N–H and O–H groups in total. The van der Waals surface area contributed by atoms with E-state index in [0.717, 1.165) is 5.75 Å². The molecular formula is C16H23NO4. The Kier molecular flexibility index (Phi) is 8.68. The van der Waals surface area contributed by atoms with E-state index in [9.17, 15) is 9.59 Å². The van der Waals surface area contributed by atoms with Crippen LogP contribution in [0.1, 0.15) is 32.6 Å². The highest BCUT2D eigenvalue weighted by Gasteiger charge is 2.03. The number of hydrogen-bond acceptors (Lipinski definition) is 4. The minimum absolute atomic E-state index is 0.0180. The van der Waals surface area contributed by atoms with Crippen molar-refractivity contribution in [1.29, 1.82) is 0 Å². The molecule has 1 aromatic rings. The lowest BCUT2D eigenvalue weighted by Gasteiger charge is -2.07. The molecule has 0 bridgehead atoms. The van der Waals surface area contributed by atoms with Gasteiger partial charge in [-0.05, 0) is 31.9 Å². The van der Waals surface area contributed by atoms with Crippen molar-refractivity contribution in [3.63, 3.8) is 0 Å². The van der Waals surface area contributed by atoms with E-state index in [1.54, 1.807) is 6.92 Å². The van der Waals surface area contributed by atoms with Crippen LogP contribution in [-0.4, -0.2) is 31.6 Å². The number of rotatable bonds is 10. The van der Waals surface area contributed by atoms with Gasteiger partial charge in [0, 0.05) is 19.4 Å². The van der Waals surface area contributed by atoms with Gasteiger partial charge in [-0.1, -0.05) is 18.2 Å². The van der Waals surface area contributed by atoms with Crippen molar-refractivity contribution in [3.8, 4) is 5.75 Å². The number of esters is 1. The van der Waals surface area contributed by atoms with Gasteiger partial charge < -0.3 is 14.8 Å². The molecule has 0 spiro atoms. The second kappa shape index (κ2) is 10.7. The van der Waals surface area contributed by atoms with Crippen LogP contribution in [0.3, 0.4) is 0 Å². The number of carbonyl (C=O) groups excluding carboxylic acids is 2. The van der Waals surface area contributed by atoms with Crippen LogP contribution in [0, 0.1) is 0 Å². The summed E-state index contributed by atoms with van der Waals surface area (Å²) < 4.78 is 10.3. The normalized spacial score (nSPS) is 9.95. The zero-order valence-electron chi connectivity index (χ0n) is 12.5. The SMILES string of the molecule is CCOC(=O)CCCNC(=O)CCCOc1ccccc1. The van der Waals surface area contributed by atoms with Gasteiger partial charge in [0.25, 0.3) is 0 Å². The van der Waals surface area contributed by atoms with E-state index in [1.165, 1.54) is 0 Å². The number of carbonyl (C=O) groups is 2. The van der Waals surface area contributed by atoms with Gasteiger partial charge in [0.1, 0.15) is 5.75 Å². The Labute approximate surface area is 125 Å². The largest absolute Gasteiger partial charge is 0.494 e. The van der Waals surface area contributed by atoms with Crippen molar-refractivity contribution < 1.29 is 19.1 Å². The van der Waals surface area contributed by atoms with Crippen LogP contribution in [0.2, 0.25) is 0 Å². The molecule has 0 fully saturated rings. The summed E-state index contributed by atoms with van der Waals surface area (Å²) in [5.41, 5.74) is 0. The third-order valence-corrected chi connectivity index (χ3v) is 2.75. The summed E-state index contributed by atoms with van der Waals surface area (Å²) in [5, 5.41) is 2.78. The van der Waals surface area contributed by atoms with E-state index >= 15 is 0 Å². The van der Waals surface area contributed by atoms with Crippen molar-refractivity contribution in [2.75, 3.05) is 19.8 Å². The Balaban J connectivity index is 1.98. The Hall–Kier alpha value is -2.04. The molecule has 0 heterocycles. The number of benzene rings is 1. The molecule has 0 atom stereocenters. The number of nitrogens with one attached hydrogen (secondary N) is 1.